The quantitative estimate of drug-likeness (QED) is 0.889. The van der Waals surface area contributed by atoms with Crippen molar-refractivity contribution in [3.63, 3.8) is 0 Å². The Labute approximate surface area is 91.4 Å². The van der Waals surface area contributed by atoms with Crippen molar-refractivity contribution in [3.05, 3.63) is 28.0 Å². The minimum atomic E-state index is -0.765. The molecule has 0 radical (unpaired) electrons. The standard InChI is InChI=1S/C10H13BrFNO/c1-10(2,13)8-7(12)5-4-6(11)9(8)14-3/h4-5H,13H2,1-3H3. The zero-order valence-corrected chi connectivity index (χ0v) is 9.98. The van der Waals surface area contributed by atoms with Crippen molar-refractivity contribution >= 4 is 15.9 Å². The van der Waals surface area contributed by atoms with Crippen LogP contribution in [0, 0.1) is 5.82 Å². The van der Waals surface area contributed by atoms with Crippen LogP contribution in [0.5, 0.6) is 5.75 Å². The summed E-state index contributed by atoms with van der Waals surface area (Å²) < 4.78 is 19.4. The lowest BCUT2D eigenvalue weighted by Gasteiger charge is -2.23. The van der Waals surface area contributed by atoms with E-state index in [4.69, 9.17) is 10.5 Å². The summed E-state index contributed by atoms with van der Waals surface area (Å²) in [6, 6.07) is 2.97. The Morgan fingerprint density at radius 2 is 2.00 bits per heavy atom. The minimum absolute atomic E-state index is 0.349. The van der Waals surface area contributed by atoms with Crippen LogP contribution >= 0.6 is 15.9 Å². The van der Waals surface area contributed by atoms with E-state index in [9.17, 15) is 4.39 Å². The van der Waals surface area contributed by atoms with E-state index >= 15 is 0 Å². The fraction of sp³-hybridized carbons (Fsp3) is 0.400. The summed E-state index contributed by atoms with van der Waals surface area (Å²) in [7, 11) is 1.49. The lowest BCUT2D eigenvalue weighted by molar-refractivity contribution is 0.381. The maximum Gasteiger partial charge on any atom is 0.141 e. The van der Waals surface area contributed by atoms with Gasteiger partial charge in [-0.05, 0) is 41.9 Å². The smallest absolute Gasteiger partial charge is 0.141 e. The van der Waals surface area contributed by atoms with Gasteiger partial charge in [0, 0.05) is 5.54 Å². The summed E-state index contributed by atoms with van der Waals surface area (Å²) in [6.07, 6.45) is 0. The highest BCUT2D eigenvalue weighted by Gasteiger charge is 2.25. The van der Waals surface area contributed by atoms with Gasteiger partial charge in [0.05, 0.1) is 17.1 Å². The second-order valence-corrected chi connectivity index (χ2v) is 4.51. The third-order valence-corrected chi connectivity index (χ3v) is 2.53. The molecule has 2 nitrogen and oxygen atoms in total. The molecule has 0 aliphatic heterocycles. The van der Waals surface area contributed by atoms with Gasteiger partial charge in [-0.15, -0.1) is 0 Å². The number of ether oxygens (including phenoxy) is 1. The first-order chi connectivity index (χ1) is 6.38. The number of nitrogens with two attached hydrogens (primary N) is 1. The Morgan fingerprint density at radius 3 is 2.36 bits per heavy atom. The molecular formula is C10H13BrFNO. The SMILES string of the molecule is COc1c(Br)ccc(F)c1C(C)(C)N. The van der Waals surface area contributed by atoms with Crippen LogP contribution in [0.2, 0.25) is 0 Å². The van der Waals surface area contributed by atoms with E-state index in [2.05, 4.69) is 15.9 Å². The maximum atomic E-state index is 13.5. The summed E-state index contributed by atoms with van der Waals surface area (Å²) in [4.78, 5) is 0. The third kappa shape index (κ3) is 2.07. The van der Waals surface area contributed by atoms with Gasteiger partial charge in [-0.1, -0.05) is 0 Å². The van der Waals surface area contributed by atoms with Gasteiger partial charge >= 0.3 is 0 Å². The molecule has 0 saturated carbocycles. The third-order valence-electron chi connectivity index (χ3n) is 1.91. The largest absolute Gasteiger partial charge is 0.495 e. The second-order valence-electron chi connectivity index (χ2n) is 3.66. The average molecular weight is 262 g/mol. The highest BCUT2D eigenvalue weighted by atomic mass is 79.9. The molecule has 0 amide bonds. The number of rotatable bonds is 2. The molecule has 2 N–H and O–H groups in total. The van der Waals surface area contributed by atoms with E-state index < -0.39 is 5.54 Å². The van der Waals surface area contributed by atoms with E-state index in [1.54, 1.807) is 19.9 Å². The highest BCUT2D eigenvalue weighted by Crippen LogP contribution is 2.36. The van der Waals surface area contributed by atoms with Crippen LogP contribution in [-0.4, -0.2) is 7.11 Å². The first-order valence-corrected chi connectivity index (χ1v) is 4.98. The van der Waals surface area contributed by atoms with Crippen molar-refractivity contribution in [1.29, 1.82) is 0 Å². The van der Waals surface area contributed by atoms with Crippen LogP contribution in [-0.2, 0) is 5.54 Å². The molecule has 1 aromatic rings. The Morgan fingerprint density at radius 1 is 1.43 bits per heavy atom. The van der Waals surface area contributed by atoms with Gasteiger partial charge in [0.25, 0.3) is 0 Å². The lowest BCUT2D eigenvalue weighted by Crippen LogP contribution is -2.30. The van der Waals surface area contributed by atoms with Gasteiger partial charge < -0.3 is 10.5 Å². The molecular weight excluding hydrogens is 249 g/mol. The predicted molar refractivity (Wildman–Crippen MR) is 57.9 cm³/mol. The molecule has 0 saturated heterocycles. The van der Waals surface area contributed by atoms with Crippen molar-refractivity contribution in [1.82, 2.24) is 0 Å². The van der Waals surface area contributed by atoms with E-state index in [1.807, 2.05) is 0 Å². The van der Waals surface area contributed by atoms with Gasteiger partial charge in [0.15, 0.2) is 0 Å². The molecule has 0 aliphatic rings. The van der Waals surface area contributed by atoms with Crippen molar-refractivity contribution < 1.29 is 9.13 Å². The van der Waals surface area contributed by atoms with Gasteiger partial charge in [-0.2, -0.15) is 0 Å². The number of methoxy groups -OCH3 is 1. The summed E-state index contributed by atoms with van der Waals surface area (Å²) in [5, 5.41) is 0. The van der Waals surface area contributed by atoms with Crippen LogP contribution in [0.3, 0.4) is 0 Å². The molecule has 0 aromatic heterocycles. The van der Waals surface area contributed by atoms with Crippen molar-refractivity contribution in [2.75, 3.05) is 7.11 Å². The normalized spacial score (nSPS) is 11.6. The Hall–Kier alpha value is -0.610. The van der Waals surface area contributed by atoms with Gasteiger partial charge in [0.1, 0.15) is 11.6 Å². The Bertz CT molecular complexity index is 347. The summed E-state index contributed by atoms with van der Waals surface area (Å²) in [5.41, 5.74) is 5.48. The maximum absolute atomic E-state index is 13.5. The Balaban J connectivity index is 3.46. The fourth-order valence-corrected chi connectivity index (χ4v) is 1.83. The molecule has 0 bridgehead atoms. The van der Waals surface area contributed by atoms with Crippen LogP contribution < -0.4 is 10.5 Å². The molecule has 0 atom stereocenters. The Kier molecular flexibility index (Phi) is 3.17. The summed E-state index contributed by atoms with van der Waals surface area (Å²) in [6.45, 7) is 3.47. The lowest BCUT2D eigenvalue weighted by atomic mass is 9.94. The zero-order chi connectivity index (χ0) is 10.9. The number of hydrogen-bond donors (Lipinski definition) is 1. The van der Waals surface area contributed by atoms with Crippen molar-refractivity contribution in [2.24, 2.45) is 5.73 Å². The molecule has 14 heavy (non-hydrogen) atoms. The highest BCUT2D eigenvalue weighted by molar-refractivity contribution is 9.10. The predicted octanol–water partition coefficient (Wildman–Crippen LogP) is 2.79. The molecule has 0 heterocycles. The van der Waals surface area contributed by atoms with E-state index in [0.29, 0.717) is 15.8 Å². The molecule has 0 unspecified atom stereocenters. The molecule has 1 aromatic carbocycles. The van der Waals surface area contributed by atoms with Gasteiger partial charge in [-0.25, -0.2) is 4.39 Å². The van der Waals surface area contributed by atoms with Gasteiger partial charge in [0.2, 0.25) is 0 Å². The first kappa shape index (κ1) is 11.5. The summed E-state index contributed by atoms with van der Waals surface area (Å²) >= 11 is 3.29. The first-order valence-electron chi connectivity index (χ1n) is 4.19. The molecule has 0 fully saturated rings. The molecule has 4 heteroatoms. The summed E-state index contributed by atoms with van der Waals surface area (Å²) in [5.74, 6) is 0.107. The zero-order valence-electron chi connectivity index (χ0n) is 8.40. The number of benzene rings is 1. The van der Waals surface area contributed by atoms with E-state index in [-0.39, 0.29) is 5.82 Å². The number of halogens is 2. The monoisotopic (exact) mass is 261 g/mol. The van der Waals surface area contributed by atoms with Crippen LogP contribution in [0.25, 0.3) is 0 Å². The van der Waals surface area contributed by atoms with E-state index in [0.717, 1.165) is 0 Å². The van der Waals surface area contributed by atoms with Gasteiger partial charge in [-0.3, -0.25) is 0 Å². The van der Waals surface area contributed by atoms with Crippen molar-refractivity contribution in [3.8, 4) is 5.75 Å². The van der Waals surface area contributed by atoms with Crippen LogP contribution in [0.4, 0.5) is 4.39 Å². The van der Waals surface area contributed by atoms with E-state index in [1.165, 1.54) is 13.2 Å². The molecule has 0 aliphatic carbocycles. The minimum Gasteiger partial charge on any atom is -0.495 e. The van der Waals surface area contributed by atoms with Crippen LogP contribution in [0.15, 0.2) is 16.6 Å². The fourth-order valence-electron chi connectivity index (χ4n) is 1.33. The molecule has 0 spiro atoms. The van der Waals surface area contributed by atoms with Crippen molar-refractivity contribution in [2.45, 2.75) is 19.4 Å². The number of hydrogen-bond acceptors (Lipinski definition) is 2. The molecule has 1 rings (SSSR count). The molecule has 78 valence electrons. The van der Waals surface area contributed by atoms with Crippen LogP contribution in [0.1, 0.15) is 19.4 Å². The topological polar surface area (TPSA) is 35.2 Å². The second kappa shape index (κ2) is 3.87. The average Bonchev–Trinajstić information content (AvgIpc) is 2.06.